The Morgan fingerprint density at radius 1 is 1.25 bits per heavy atom. The number of benzene rings is 1. The number of unbranched alkanes of at least 4 members (excludes halogenated alkanes) is 1. The highest BCUT2D eigenvalue weighted by Crippen LogP contribution is 2.25. The Hall–Kier alpha value is -1.01. The maximum Gasteiger partial charge on any atom is 0.315 e. The van der Waals surface area contributed by atoms with Gasteiger partial charge in [-0.2, -0.15) is 0 Å². The summed E-state index contributed by atoms with van der Waals surface area (Å²) in [5.41, 5.74) is 0.923. The van der Waals surface area contributed by atoms with E-state index in [0.29, 0.717) is 16.6 Å². The van der Waals surface area contributed by atoms with E-state index in [2.05, 4.69) is 15.5 Å². The van der Waals surface area contributed by atoms with Crippen molar-refractivity contribution in [1.29, 1.82) is 0 Å². The molecule has 1 aromatic carbocycles. The molecule has 0 aliphatic carbocycles. The molecule has 1 atom stereocenters. The second kappa shape index (κ2) is 10.1. The van der Waals surface area contributed by atoms with Crippen molar-refractivity contribution in [2.24, 2.45) is 0 Å². The van der Waals surface area contributed by atoms with Crippen LogP contribution in [0.1, 0.15) is 31.4 Å². The second-order valence-corrected chi connectivity index (χ2v) is 6.77. The van der Waals surface area contributed by atoms with Crippen molar-refractivity contribution in [2.75, 3.05) is 39.4 Å². The van der Waals surface area contributed by atoms with Gasteiger partial charge in [-0.25, -0.2) is 4.79 Å². The molecule has 0 bridgehead atoms. The fourth-order valence-corrected chi connectivity index (χ4v) is 2.91. The number of rotatable bonds is 7. The van der Waals surface area contributed by atoms with E-state index >= 15 is 0 Å². The lowest BCUT2D eigenvalue weighted by Gasteiger charge is -2.26. The summed E-state index contributed by atoms with van der Waals surface area (Å²) in [7, 11) is 0. The lowest BCUT2D eigenvalue weighted by atomic mass is 10.1. The first-order valence-electron chi connectivity index (χ1n) is 8.35. The molecule has 1 heterocycles. The van der Waals surface area contributed by atoms with Gasteiger partial charge in [-0.1, -0.05) is 29.3 Å². The molecule has 1 aliphatic rings. The molecule has 24 heavy (non-hydrogen) atoms. The number of hydrogen-bond acceptors (Lipinski definition) is 3. The predicted molar refractivity (Wildman–Crippen MR) is 97.9 cm³/mol. The standard InChI is InChI=1S/C17H25Cl2N3O2/c1-13(14-4-5-15(18)16(19)12-14)21-17(23)20-6-2-3-7-22-8-10-24-11-9-22/h4-5,12-13H,2-3,6-11H2,1H3,(H2,20,21,23). The summed E-state index contributed by atoms with van der Waals surface area (Å²) in [4.78, 5) is 14.3. The van der Waals surface area contributed by atoms with Crippen LogP contribution in [0.5, 0.6) is 0 Å². The molecule has 1 fully saturated rings. The van der Waals surface area contributed by atoms with Gasteiger partial charge in [0.2, 0.25) is 0 Å². The number of urea groups is 1. The molecule has 5 nitrogen and oxygen atoms in total. The summed E-state index contributed by atoms with van der Waals surface area (Å²) in [5.74, 6) is 0. The van der Waals surface area contributed by atoms with Crippen LogP contribution in [0.4, 0.5) is 4.79 Å². The summed E-state index contributed by atoms with van der Waals surface area (Å²) < 4.78 is 5.32. The van der Waals surface area contributed by atoms with Gasteiger partial charge in [0.15, 0.2) is 0 Å². The first-order chi connectivity index (χ1) is 11.6. The van der Waals surface area contributed by atoms with E-state index in [0.717, 1.165) is 51.3 Å². The van der Waals surface area contributed by atoms with Crippen LogP contribution in [0, 0.1) is 0 Å². The zero-order valence-electron chi connectivity index (χ0n) is 14.0. The van der Waals surface area contributed by atoms with E-state index in [1.54, 1.807) is 12.1 Å². The minimum absolute atomic E-state index is 0.131. The molecule has 2 amide bonds. The molecule has 134 valence electrons. The highest BCUT2D eigenvalue weighted by molar-refractivity contribution is 6.42. The van der Waals surface area contributed by atoms with Gasteiger partial charge >= 0.3 is 6.03 Å². The topological polar surface area (TPSA) is 53.6 Å². The molecular weight excluding hydrogens is 349 g/mol. The molecule has 1 aromatic rings. The van der Waals surface area contributed by atoms with Crippen molar-refractivity contribution < 1.29 is 9.53 Å². The van der Waals surface area contributed by atoms with E-state index in [-0.39, 0.29) is 12.1 Å². The quantitative estimate of drug-likeness (QED) is 0.719. The van der Waals surface area contributed by atoms with Crippen molar-refractivity contribution in [3.8, 4) is 0 Å². The van der Waals surface area contributed by atoms with Crippen LogP contribution in [0.15, 0.2) is 18.2 Å². The van der Waals surface area contributed by atoms with Crippen LogP contribution in [0.3, 0.4) is 0 Å². The average molecular weight is 374 g/mol. The number of carbonyl (C=O) groups excluding carboxylic acids is 1. The van der Waals surface area contributed by atoms with Gasteiger partial charge in [0.25, 0.3) is 0 Å². The molecule has 0 saturated carbocycles. The zero-order valence-corrected chi connectivity index (χ0v) is 15.5. The number of carbonyl (C=O) groups is 1. The Morgan fingerprint density at radius 3 is 2.71 bits per heavy atom. The largest absolute Gasteiger partial charge is 0.379 e. The Kier molecular flexibility index (Phi) is 8.12. The smallest absolute Gasteiger partial charge is 0.315 e. The summed E-state index contributed by atoms with van der Waals surface area (Å²) in [6.45, 7) is 7.32. The molecule has 1 saturated heterocycles. The lowest BCUT2D eigenvalue weighted by molar-refractivity contribution is 0.0372. The van der Waals surface area contributed by atoms with Crippen LogP contribution in [0.25, 0.3) is 0 Å². The van der Waals surface area contributed by atoms with Crippen molar-refractivity contribution in [3.05, 3.63) is 33.8 Å². The normalized spacial score (nSPS) is 16.6. The predicted octanol–water partition coefficient (Wildman–Crippen LogP) is 3.47. The third-order valence-corrected chi connectivity index (χ3v) is 4.82. The highest BCUT2D eigenvalue weighted by atomic mass is 35.5. The van der Waals surface area contributed by atoms with Gasteiger partial charge in [0, 0.05) is 19.6 Å². The minimum Gasteiger partial charge on any atom is -0.379 e. The Morgan fingerprint density at radius 2 is 2.00 bits per heavy atom. The maximum absolute atomic E-state index is 11.9. The fourth-order valence-electron chi connectivity index (χ4n) is 2.60. The van der Waals surface area contributed by atoms with Gasteiger partial charge in [-0.3, -0.25) is 4.90 Å². The number of ether oxygens (including phenoxy) is 1. The molecule has 0 spiro atoms. The summed E-state index contributed by atoms with van der Waals surface area (Å²) in [6, 6.07) is 5.08. The van der Waals surface area contributed by atoms with E-state index in [1.807, 2.05) is 13.0 Å². The van der Waals surface area contributed by atoms with Gasteiger partial charge < -0.3 is 15.4 Å². The van der Waals surface area contributed by atoms with Crippen LogP contribution >= 0.6 is 23.2 Å². The molecule has 1 aliphatic heterocycles. The molecule has 2 N–H and O–H groups in total. The molecule has 0 radical (unpaired) electrons. The number of nitrogens with zero attached hydrogens (tertiary/aromatic N) is 1. The number of hydrogen-bond donors (Lipinski definition) is 2. The first kappa shape index (κ1) is 19.3. The highest BCUT2D eigenvalue weighted by Gasteiger charge is 2.11. The van der Waals surface area contributed by atoms with E-state index in [1.165, 1.54) is 0 Å². The number of halogens is 2. The Labute approximate surface area is 153 Å². The molecular formula is C17H25Cl2N3O2. The summed E-state index contributed by atoms with van der Waals surface area (Å²) in [5, 5.41) is 6.80. The monoisotopic (exact) mass is 373 g/mol. The summed E-state index contributed by atoms with van der Waals surface area (Å²) in [6.07, 6.45) is 2.04. The van der Waals surface area contributed by atoms with E-state index in [9.17, 15) is 4.79 Å². The van der Waals surface area contributed by atoms with Crippen LogP contribution in [-0.2, 0) is 4.74 Å². The zero-order chi connectivity index (χ0) is 17.4. The van der Waals surface area contributed by atoms with Gasteiger partial charge in [0.1, 0.15) is 0 Å². The first-order valence-corrected chi connectivity index (χ1v) is 9.11. The summed E-state index contributed by atoms with van der Waals surface area (Å²) >= 11 is 11.9. The number of nitrogens with one attached hydrogen (secondary N) is 2. The average Bonchev–Trinajstić information content (AvgIpc) is 2.58. The molecule has 7 heteroatoms. The maximum atomic E-state index is 11.9. The van der Waals surface area contributed by atoms with Gasteiger partial charge in [-0.05, 0) is 44.0 Å². The minimum atomic E-state index is -0.167. The van der Waals surface area contributed by atoms with Crippen LogP contribution in [0.2, 0.25) is 10.0 Å². The second-order valence-electron chi connectivity index (χ2n) is 5.96. The van der Waals surface area contributed by atoms with E-state index < -0.39 is 0 Å². The van der Waals surface area contributed by atoms with Crippen LogP contribution in [-0.4, -0.2) is 50.3 Å². The third-order valence-electron chi connectivity index (χ3n) is 4.08. The van der Waals surface area contributed by atoms with Crippen LogP contribution < -0.4 is 10.6 Å². The number of morpholine rings is 1. The molecule has 1 unspecified atom stereocenters. The van der Waals surface area contributed by atoms with Crippen molar-refractivity contribution in [1.82, 2.24) is 15.5 Å². The van der Waals surface area contributed by atoms with Gasteiger partial charge in [-0.15, -0.1) is 0 Å². The SMILES string of the molecule is CC(NC(=O)NCCCCN1CCOCC1)c1ccc(Cl)c(Cl)c1. The van der Waals surface area contributed by atoms with Crippen molar-refractivity contribution in [3.63, 3.8) is 0 Å². The van der Waals surface area contributed by atoms with Crippen molar-refractivity contribution in [2.45, 2.75) is 25.8 Å². The molecule has 0 aromatic heterocycles. The Balaban J connectivity index is 1.61. The van der Waals surface area contributed by atoms with Gasteiger partial charge in [0.05, 0.1) is 29.3 Å². The lowest BCUT2D eigenvalue weighted by Crippen LogP contribution is -2.38. The number of amides is 2. The van der Waals surface area contributed by atoms with Crippen molar-refractivity contribution >= 4 is 29.2 Å². The fraction of sp³-hybridized carbons (Fsp3) is 0.588. The Bertz CT molecular complexity index is 537. The molecule has 2 rings (SSSR count). The van der Waals surface area contributed by atoms with E-state index in [4.69, 9.17) is 27.9 Å². The third kappa shape index (κ3) is 6.48.